The highest BCUT2D eigenvalue weighted by atomic mass is 79.9. The standard InChI is InChI=1S/C22H23BrN2O2S/c1-4-6-19-20(15-7-11-17(23)12-8-15)25(5-2)22(28-19)24-21(26)16-9-13-18(27-3)14-10-16/h7-14H,4-6H2,1-3H3. The molecule has 1 amide bonds. The summed E-state index contributed by atoms with van der Waals surface area (Å²) < 4.78 is 8.35. The summed E-state index contributed by atoms with van der Waals surface area (Å²) in [7, 11) is 1.61. The molecule has 3 aromatic rings. The van der Waals surface area contributed by atoms with Crippen molar-refractivity contribution >= 4 is 33.2 Å². The number of halogens is 1. The van der Waals surface area contributed by atoms with Gasteiger partial charge in [-0.1, -0.05) is 41.4 Å². The van der Waals surface area contributed by atoms with Crippen molar-refractivity contribution in [1.82, 2.24) is 4.57 Å². The van der Waals surface area contributed by atoms with E-state index in [4.69, 9.17) is 4.74 Å². The Hall–Kier alpha value is -2.18. The number of thiazole rings is 1. The van der Waals surface area contributed by atoms with Crippen LogP contribution in [-0.4, -0.2) is 17.6 Å². The average molecular weight is 459 g/mol. The Kier molecular flexibility index (Phi) is 6.86. The van der Waals surface area contributed by atoms with E-state index < -0.39 is 0 Å². The third kappa shape index (κ3) is 4.45. The molecule has 0 bridgehead atoms. The fourth-order valence-electron chi connectivity index (χ4n) is 3.04. The molecule has 0 aliphatic heterocycles. The quantitative estimate of drug-likeness (QED) is 0.475. The van der Waals surface area contributed by atoms with Crippen LogP contribution in [0.4, 0.5) is 0 Å². The zero-order valence-electron chi connectivity index (χ0n) is 16.2. The highest BCUT2D eigenvalue weighted by Crippen LogP contribution is 2.28. The van der Waals surface area contributed by atoms with Crippen LogP contribution in [0.3, 0.4) is 0 Å². The third-order valence-electron chi connectivity index (χ3n) is 4.42. The zero-order valence-corrected chi connectivity index (χ0v) is 18.6. The maximum Gasteiger partial charge on any atom is 0.279 e. The maximum atomic E-state index is 12.7. The molecular weight excluding hydrogens is 436 g/mol. The third-order valence-corrected chi connectivity index (χ3v) is 6.09. The lowest BCUT2D eigenvalue weighted by atomic mass is 10.1. The van der Waals surface area contributed by atoms with Crippen LogP contribution in [0.2, 0.25) is 0 Å². The van der Waals surface area contributed by atoms with E-state index in [9.17, 15) is 4.79 Å². The van der Waals surface area contributed by atoms with Gasteiger partial charge in [-0.2, -0.15) is 4.99 Å². The Labute approximate surface area is 177 Å². The Morgan fingerprint density at radius 3 is 2.36 bits per heavy atom. The van der Waals surface area contributed by atoms with Crippen molar-refractivity contribution < 1.29 is 9.53 Å². The van der Waals surface area contributed by atoms with E-state index in [0.29, 0.717) is 5.56 Å². The van der Waals surface area contributed by atoms with Crippen LogP contribution in [0.5, 0.6) is 5.75 Å². The lowest BCUT2D eigenvalue weighted by molar-refractivity contribution is 0.0998. The molecule has 6 heteroatoms. The van der Waals surface area contributed by atoms with Crippen molar-refractivity contribution in [3.63, 3.8) is 0 Å². The maximum absolute atomic E-state index is 12.7. The number of carbonyl (C=O) groups is 1. The molecule has 0 fully saturated rings. The fraction of sp³-hybridized carbons (Fsp3) is 0.273. The molecular formula is C22H23BrN2O2S. The molecule has 0 saturated carbocycles. The van der Waals surface area contributed by atoms with E-state index in [1.165, 1.54) is 4.88 Å². The first-order valence-electron chi connectivity index (χ1n) is 9.28. The van der Waals surface area contributed by atoms with E-state index in [-0.39, 0.29) is 5.91 Å². The second-order valence-electron chi connectivity index (χ2n) is 6.30. The van der Waals surface area contributed by atoms with Crippen LogP contribution >= 0.6 is 27.3 Å². The van der Waals surface area contributed by atoms with Gasteiger partial charge < -0.3 is 9.30 Å². The first-order chi connectivity index (χ1) is 13.6. The number of amides is 1. The minimum absolute atomic E-state index is 0.239. The summed E-state index contributed by atoms with van der Waals surface area (Å²) in [4.78, 5) is 19.2. The van der Waals surface area contributed by atoms with E-state index >= 15 is 0 Å². The number of methoxy groups -OCH3 is 1. The predicted octanol–water partition coefficient (Wildman–Crippen LogP) is 5.70. The highest BCUT2D eigenvalue weighted by Gasteiger charge is 2.15. The minimum atomic E-state index is -0.239. The smallest absolute Gasteiger partial charge is 0.279 e. The van der Waals surface area contributed by atoms with Crippen LogP contribution in [0, 0.1) is 0 Å². The van der Waals surface area contributed by atoms with Crippen molar-refractivity contribution in [1.29, 1.82) is 0 Å². The van der Waals surface area contributed by atoms with Crippen LogP contribution in [0.15, 0.2) is 58.0 Å². The summed E-state index contributed by atoms with van der Waals surface area (Å²) in [6.07, 6.45) is 2.00. The number of nitrogens with zero attached hydrogens (tertiary/aromatic N) is 2. The molecule has 28 heavy (non-hydrogen) atoms. The monoisotopic (exact) mass is 458 g/mol. The van der Waals surface area contributed by atoms with Crippen molar-refractivity contribution in [2.75, 3.05) is 7.11 Å². The molecule has 0 saturated heterocycles. The summed E-state index contributed by atoms with van der Waals surface area (Å²) in [6.45, 7) is 5.00. The molecule has 2 aromatic carbocycles. The van der Waals surface area contributed by atoms with Gasteiger partial charge >= 0.3 is 0 Å². The topological polar surface area (TPSA) is 43.6 Å². The van der Waals surface area contributed by atoms with Gasteiger partial charge in [-0.25, -0.2) is 0 Å². The summed E-state index contributed by atoms with van der Waals surface area (Å²) in [5, 5.41) is 0. The van der Waals surface area contributed by atoms with Gasteiger partial charge in [-0.05, 0) is 55.3 Å². The number of ether oxygens (including phenoxy) is 1. The van der Waals surface area contributed by atoms with Gasteiger partial charge in [-0.3, -0.25) is 4.79 Å². The number of aryl methyl sites for hydroxylation is 1. The predicted molar refractivity (Wildman–Crippen MR) is 118 cm³/mol. The fourth-order valence-corrected chi connectivity index (χ4v) is 4.62. The van der Waals surface area contributed by atoms with Gasteiger partial charge in [0.1, 0.15) is 5.75 Å². The molecule has 1 heterocycles. The van der Waals surface area contributed by atoms with Crippen LogP contribution in [0.1, 0.15) is 35.5 Å². The number of hydrogen-bond acceptors (Lipinski definition) is 3. The number of aromatic nitrogens is 1. The molecule has 0 unspecified atom stereocenters. The van der Waals surface area contributed by atoms with Gasteiger partial charge in [0, 0.05) is 21.5 Å². The van der Waals surface area contributed by atoms with Gasteiger partial charge in [0.15, 0.2) is 4.80 Å². The van der Waals surface area contributed by atoms with Crippen LogP contribution in [-0.2, 0) is 13.0 Å². The van der Waals surface area contributed by atoms with Gasteiger partial charge in [0.25, 0.3) is 5.91 Å². The average Bonchev–Trinajstić information content (AvgIpc) is 3.05. The summed E-state index contributed by atoms with van der Waals surface area (Å²) in [6, 6.07) is 15.3. The Bertz CT molecular complexity index is 1020. The van der Waals surface area contributed by atoms with Crippen molar-refractivity contribution in [2.24, 2.45) is 4.99 Å². The van der Waals surface area contributed by atoms with E-state index in [2.05, 4.69) is 51.5 Å². The normalized spacial score (nSPS) is 11.6. The minimum Gasteiger partial charge on any atom is -0.497 e. The van der Waals surface area contributed by atoms with Gasteiger partial charge in [-0.15, -0.1) is 11.3 Å². The molecule has 4 nitrogen and oxygen atoms in total. The molecule has 0 radical (unpaired) electrons. The second kappa shape index (κ2) is 9.34. The number of carbonyl (C=O) groups excluding carboxylic acids is 1. The first kappa shape index (κ1) is 20.6. The number of rotatable bonds is 6. The molecule has 0 aliphatic rings. The van der Waals surface area contributed by atoms with Gasteiger partial charge in [0.05, 0.1) is 12.8 Å². The number of benzene rings is 2. The molecule has 0 spiro atoms. The zero-order chi connectivity index (χ0) is 20.1. The second-order valence-corrected chi connectivity index (χ2v) is 8.28. The van der Waals surface area contributed by atoms with Crippen LogP contribution < -0.4 is 9.54 Å². The molecule has 146 valence electrons. The van der Waals surface area contributed by atoms with Crippen molar-refractivity contribution in [3.8, 4) is 17.0 Å². The summed E-state index contributed by atoms with van der Waals surface area (Å²) in [5.74, 6) is 0.482. The number of hydrogen-bond donors (Lipinski definition) is 0. The summed E-state index contributed by atoms with van der Waals surface area (Å²) in [5.41, 5.74) is 2.85. The highest BCUT2D eigenvalue weighted by molar-refractivity contribution is 9.10. The molecule has 0 aliphatic carbocycles. The van der Waals surface area contributed by atoms with Gasteiger partial charge in [0.2, 0.25) is 0 Å². The SMILES string of the molecule is CCCc1sc(=NC(=O)c2ccc(OC)cc2)n(CC)c1-c1ccc(Br)cc1. The lowest BCUT2D eigenvalue weighted by Crippen LogP contribution is -2.17. The first-order valence-corrected chi connectivity index (χ1v) is 10.9. The molecule has 1 aromatic heterocycles. The molecule has 3 rings (SSSR count). The Balaban J connectivity index is 2.09. The van der Waals surface area contributed by atoms with Crippen molar-refractivity contribution in [2.45, 2.75) is 33.2 Å². The van der Waals surface area contributed by atoms with Crippen LogP contribution in [0.25, 0.3) is 11.3 Å². The van der Waals surface area contributed by atoms with E-state index in [1.807, 2.05) is 12.1 Å². The van der Waals surface area contributed by atoms with E-state index in [0.717, 1.165) is 45.7 Å². The van der Waals surface area contributed by atoms with Crippen molar-refractivity contribution in [3.05, 3.63) is 68.2 Å². The largest absolute Gasteiger partial charge is 0.497 e. The summed E-state index contributed by atoms with van der Waals surface area (Å²) >= 11 is 5.10. The Morgan fingerprint density at radius 1 is 1.11 bits per heavy atom. The lowest BCUT2D eigenvalue weighted by Gasteiger charge is -2.09. The Morgan fingerprint density at radius 2 is 1.79 bits per heavy atom. The van der Waals surface area contributed by atoms with E-state index in [1.54, 1.807) is 42.7 Å². The molecule has 0 atom stereocenters. The molecule has 0 N–H and O–H groups in total.